The van der Waals surface area contributed by atoms with Gasteiger partial charge in [0.25, 0.3) is 0 Å². The Morgan fingerprint density at radius 2 is 1.45 bits per heavy atom. The van der Waals surface area contributed by atoms with Crippen LogP contribution in [0.2, 0.25) is 0 Å². The first-order valence-electron chi connectivity index (χ1n) is 10.7. The molecule has 1 aromatic rings. The molecule has 1 heterocycles. The summed E-state index contributed by atoms with van der Waals surface area (Å²) in [6.45, 7) is 13.4. The monoisotopic (exact) mass is 486 g/mol. The molecule has 0 aliphatic rings. The van der Waals surface area contributed by atoms with Gasteiger partial charge in [0.2, 0.25) is 5.91 Å². The Balaban J connectivity index is 3.32. The number of aromatic nitrogens is 1. The highest BCUT2D eigenvalue weighted by Crippen LogP contribution is 2.47. The second-order valence-corrected chi connectivity index (χ2v) is 11.1. The van der Waals surface area contributed by atoms with Gasteiger partial charge in [-0.15, -0.1) is 0 Å². The van der Waals surface area contributed by atoms with Gasteiger partial charge in [0.15, 0.2) is 5.92 Å². The van der Waals surface area contributed by atoms with Crippen molar-refractivity contribution in [3.8, 4) is 0 Å². The molecule has 0 aliphatic carbocycles. The first kappa shape index (κ1) is 28.7. The predicted octanol–water partition coefficient (Wildman–Crippen LogP) is 4.05. The predicted molar refractivity (Wildman–Crippen MR) is 123 cm³/mol. The van der Waals surface area contributed by atoms with Crippen LogP contribution in [0.3, 0.4) is 0 Å². The quantitative estimate of drug-likeness (QED) is 0.296. The number of hydrogen-bond acceptors (Lipinski definition) is 9. The van der Waals surface area contributed by atoms with Gasteiger partial charge in [-0.2, -0.15) is 0 Å². The molecule has 10 nitrogen and oxygen atoms in total. The summed E-state index contributed by atoms with van der Waals surface area (Å²) in [5.41, 5.74) is -1.74. The SMILES string of the molecule is CCOP(=O)(CC(=O)Nc1cccnc1C(C(=O)OC(C)(C)C)C(=O)OC(C)(C)C)OCC. The zero-order chi connectivity index (χ0) is 25.4. The van der Waals surface area contributed by atoms with E-state index in [2.05, 4.69) is 10.3 Å². The number of ether oxygens (including phenoxy) is 2. The molecule has 0 fully saturated rings. The normalized spacial score (nSPS) is 12.4. The third-order valence-corrected chi connectivity index (χ3v) is 5.64. The van der Waals surface area contributed by atoms with Crippen molar-refractivity contribution in [3.05, 3.63) is 24.0 Å². The number of pyridine rings is 1. The summed E-state index contributed by atoms with van der Waals surface area (Å²) >= 11 is 0. The number of esters is 2. The summed E-state index contributed by atoms with van der Waals surface area (Å²) in [6.07, 6.45) is 0.824. The third kappa shape index (κ3) is 10.0. The van der Waals surface area contributed by atoms with Crippen LogP contribution in [0, 0.1) is 0 Å². The van der Waals surface area contributed by atoms with E-state index < -0.39 is 48.7 Å². The zero-order valence-corrected chi connectivity index (χ0v) is 21.5. The Morgan fingerprint density at radius 3 is 1.88 bits per heavy atom. The van der Waals surface area contributed by atoms with E-state index in [0.29, 0.717) is 0 Å². The fourth-order valence-corrected chi connectivity index (χ4v) is 4.16. The van der Waals surface area contributed by atoms with E-state index in [1.165, 1.54) is 18.3 Å². The Bertz CT molecular complexity index is 851. The Kier molecular flexibility index (Phi) is 10.2. The minimum Gasteiger partial charge on any atom is -0.459 e. The standard InChI is InChI=1S/C22H35N2O8P/c1-9-29-33(28,30-10-2)14-16(25)24-15-12-11-13-23-18(15)17(19(26)31-21(3,4)5)20(27)32-22(6,7)8/h11-13,17H,9-10,14H2,1-8H3,(H,24,25). The first-order valence-corrected chi connectivity index (χ1v) is 12.4. The zero-order valence-electron chi connectivity index (χ0n) is 20.6. The number of nitrogens with one attached hydrogen (secondary N) is 1. The average molecular weight is 487 g/mol. The van der Waals surface area contributed by atoms with Crippen LogP contribution in [0.4, 0.5) is 5.69 Å². The van der Waals surface area contributed by atoms with Crippen LogP contribution in [0.5, 0.6) is 0 Å². The van der Waals surface area contributed by atoms with Crippen LogP contribution in [0.1, 0.15) is 67.0 Å². The molecule has 186 valence electrons. The van der Waals surface area contributed by atoms with E-state index in [9.17, 15) is 18.9 Å². The molecule has 0 aromatic carbocycles. The lowest BCUT2D eigenvalue weighted by atomic mass is 10.0. The number of carbonyl (C=O) groups is 3. The maximum Gasteiger partial charge on any atom is 0.340 e. The third-order valence-electron chi connectivity index (χ3n) is 3.66. The molecule has 0 unspecified atom stereocenters. The lowest BCUT2D eigenvalue weighted by Gasteiger charge is -2.27. The largest absolute Gasteiger partial charge is 0.459 e. The van der Waals surface area contributed by atoms with Gasteiger partial charge < -0.3 is 23.8 Å². The first-order chi connectivity index (χ1) is 15.1. The molecular weight excluding hydrogens is 451 g/mol. The van der Waals surface area contributed by atoms with E-state index >= 15 is 0 Å². The highest BCUT2D eigenvalue weighted by Gasteiger charge is 2.39. The van der Waals surface area contributed by atoms with Crippen molar-refractivity contribution in [2.24, 2.45) is 0 Å². The van der Waals surface area contributed by atoms with Gasteiger partial charge in [0, 0.05) is 6.20 Å². The van der Waals surface area contributed by atoms with Crippen molar-refractivity contribution in [2.75, 3.05) is 24.7 Å². The Morgan fingerprint density at radius 1 is 0.970 bits per heavy atom. The van der Waals surface area contributed by atoms with Crippen LogP contribution in [0.15, 0.2) is 18.3 Å². The molecule has 1 amide bonds. The van der Waals surface area contributed by atoms with Gasteiger partial charge in [0.1, 0.15) is 17.4 Å². The number of rotatable bonds is 10. The van der Waals surface area contributed by atoms with Crippen LogP contribution in [-0.4, -0.2) is 53.4 Å². The molecule has 11 heteroatoms. The number of carbonyl (C=O) groups excluding carboxylic acids is 3. The summed E-state index contributed by atoms with van der Waals surface area (Å²) in [5, 5.41) is 2.55. The van der Waals surface area contributed by atoms with Crippen molar-refractivity contribution < 1.29 is 37.5 Å². The van der Waals surface area contributed by atoms with Crippen LogP contribution in [-0.2, 0) is 37.5 Å². The molecule has 33 heavy (non-hydrogen) atoms. The van der Waals surface area contributed by atoms with Gasteiger partial charge in [-0.3, -0.25) is 23.9 Å². The fraction of sp³-hybridized carbons (Fsp3) is 0.636. The van der Waals surface area contributed by atoms with Gasteiger partial charge in [0.05, 0.1) is 24.6 Å². The molecule has 0 saturated carbocycles. The summed E-state index contributed by atoms with van der Waals surface area (Å²) in [6, 6.07) is 2.99. The maximum atomic E-state index is 13.0. The molecule has 1 N–H and O–H groups in total. The molecule has 0 radical (unpaired) electrons. The van der Waals surface area contributed by atoms with Gasteiger partial charge in [-0.25, -0.2) is 0 Å². The lowest BCUT2D eigenvalue weighted by Crippen LogP contribution is -2.36. The summed E-state index contributed by atoms with van der Waals surface area (Å²) in [4.78, 5) is 42.7. The number of anilines is 1. The number of hydrogen-bond donors (Lipinski definition) is 1. The molecule has 0 atom stereocenters. The molecular formula is C22H35N2O8P. The Hall–Kier alpha value is -2.29. The van der Waals surface area contributed by atoms with Crippen molar-refractivity contribution in [3.63, 3.8) is 0 Å². The molecule has 0 spiro atoms. The summed E-state index contributed by atoms with van der Waals surface area (Å²) in [5.74, 6) is -3.99. The highest BCUT2D eigenvalue weighted by molar-refractivity contribution is 7.54. The minimum absolute atomic E-state index is 0.0583. The summed E-state index contributed by atoms with van der Waals surface area (Å²) < 4.78 is 33.8. The number of nitrogens with zero attached hydrogens (tertiary/aromatic N) is 1. The van der Waals surface area contributed by atoms with Crippen LogP contribution in [0.25, 0.3) is 0 Å². The highest BCUT2D eigenvalue weighted by atomic mass is 31.2. The topological polar surface area (TPSA) is 130 Å². The van der Waals surface area contributed by atoms with Gasteiger partial charge >= 0.3 is 19.5 Å². The molecule has 0 bridgehead atoms. The van der Waals surface area contributed by atoms with Crippen LogP contribution < -0.4 is 5.32 Å². The van der Waals surface area contributed by atoms with E-state index in [0.717, 1.165) is 0 Å². The Labute approximate surface area is 195 Å². The van der Waals surface area contributed by atoms with E-state index in [-0.39, 0.29) is 24.6 Å². The average Bonchev–Trinajstić information content (AvgIpc) is 2.60. The van der Waals surface area contributed by atoms with E-state index in [1.54, 1.807) is 55.4 Å². The minimum atomic E-state index is -3.66. The van der Waals surface area contributed by atoms with Gasteiger partial charge in [-0.05, 0) is 67.5 Å². The van der Waals surface area contributed by atoms with E-state index in [4.69, 9.17) is 18.5 Å². The molecule has 0 saturated heterocycles. The van der Waals surface area contributed by atoms with Crippen LogP contribution >= 0.6 is 7.60 Å². The smallest absolute Gasteiger partial charge is 0.340 e. The number of amides is 1. The van der Waals surface area contributed by atoms with Gasteiger partial charge in [-0.1, -0.05) is 0 Å². The van der Waals surface area contributed by atoms with Crippen molar-refractivity contribution >= 4 is 31.1 Å². The van der Waals surface area contributed by atoms with Crippen molar-refractivity contribution in [1.29, 1.82) is 0 Å². The van der Waals surface area contributed by atoms with E-state index in [1.807, 2.05) is 0 Å². The fourth-order valence-electron chi connectivity index (χ4n) is 2.68. The molecule has 0 aliphatic heterocycles. The lowest BCUT2D eigenvalue weighted by molar-refractivity contribution is -0.169. The molecule has 1 aromatic heterocycles. The molecule has 1 rings (SSSR count). The maximum absolute atomic E-state index is 13.0. The second-order valence-electron chi connectivity index (χ2n) is 9.09. The summed E-state index contributed by atoms with van der Waals surface area (Å²) in [7, 11) is -3.66. The van der Waals surface area contributed by atoms with Crippen molar-refractivity contribution in [1.82, 2.24) is 4.98 Å². The van der Waals surface area contributed by atoms with Crippen molar-refractivity contribution in [2.45, 2.75) is 72.5 Å². The second kappa shape index (κ2) is 11.7.